The van der Waals surface area contributed by atoms with Crippen LogP contribution < -0.4 is 0 Å². The Kier molecular flexibility index (Phi) is 14.0. The lowest BCUT2D eigenvalue weighted by Crippen LogP contribution is -2.75. The average Bonchev–Trinajstić information content (AvgIpc) is 2.87. The highest BCUT2D eigenvalue weighted by molar-refractivity contribution is 7.90. The molecule has 6 nitrogen and oxygen atoms in total. The fraction of sp³-hybridized carbons (Fsp3) is 1.00. The Morgan fingerprint density at radius 1 is 0.587 bits per heavy atom. The number of nitrogens with zero attached hydrogens (tertiary/aromatic N) is 1. The first kappa shape index (κ1) is 44.9. The maximum absolute atomic E-state index is 14.4. The number of hydrogen-bond acceptors (Lipinski definition) is 3. The molecule has 0 bridgehead atoms. The molecule has 46 heavy (non-hydrogen) atoms. The Balaban J connectivity index is 6.07. The van der Waals surface area contributed by atoms with E-state index in [2.05, 4.69) is 0 Å². The fourth-order valence-electron chi connectivity index (χ4n) is 3.93. The van der Waals surface area contributed by atoms with Gasteiger partial charge in [0.05, 0.1) is 5.66 Å². The maximum Gasteiger partial charge on any atom is 0.460 e. The summed E-state index contributed by atoms with van der Waals surface area (Å²) in [6.45, 7) is -0.291. The summed E-state index contributed by atoms with van der Waals surface area (Å²) in [4.78, 5) is 18.5. The third-order valence-corrected chi connectivity index (χ3v) is 10.2. The standard InChI is InChI=1S/C21H29F17NO5PS/c1-3-10-13(45(40,41)42)11-8-6-5-7-9-12-39(4-2)46(43,44)21(37,38)19(32,33)17(28,29)15(24,25)14(22,23)16(26,27)18(30,31)20(34,35)36/h13H,3-12H2,1-2H3,(H2,40,41,42). The molecule has 0 aromatic rings. The zero-order valence-corrected chi connectivity index (χ0v) is 25.2. The zero-order valence-electron chi connectivity index (χ0n) is 23.5. The molecule has 0 rings (SSSR count). The van der Waals surface area contributed by atoms with Crippen LogP contribution in [0.5, 0.6) is 0 Å². The molecule has 278 valence electrons. The van der Waals surface area contributed by atoms with Crippen LogP contribution >= 0.6 is 7.60 Å². The molecule has 2 N–H and O–H groups in total. The average molecular weight is 761 g/mol. The molecule has 0 aromatic carbocycles. The van der Waals surface area contributed by atoms with E-state index in [9.17, 15) is 97.4 Å². The van der Waals surface area contributed by atoms with Crippen molar-refractivity contribution < 1.29 is 97.4 Å². The lowest BCUT2D eigenvalue weighted by Gasteiger charge is -2.43. The second kappa shape index (κ2) is 14.4. The van der Waals surface area contributed by atoms with Gasteiger partial charge in [0.1, 0.15) is 0 Å². The van der Waals surface area contributed by atoms with Crippen molar-refractivity contribution in [2.75, 3.05) is 13.1 Å². The van der Waals surface area contributed by atoms with Gasteiger partial charge in [0, 0.05) is 13.1 Å². The number of rotatable bonds is 20. The van der Waals surface area contributed by atoms with Crippen molar-refractivity contribution in [3.8, 4) is 0 Å². The van der Waals surface area contributed by atoms with Crippen molar-refractivity contribution in [2.24, 2.45) is 0 Å². The Hall–Kier alpha value is -1.13. The van der Waals surface area contributed by atoms with Crippen molar-refractivity contribution in [2.45, 2.75) is 118 Å². The Morgan fingerprint density at radius 2 is 0.957 bits per heavy atom. The van der Waals surface area contributed by atoms with E-state index in [1.807, 2.05) is 0 Å². The van der Waals surface area contributed by atoms with Gasteiger partial charge < -0.3 is 9.79 Å². The van der Waals surface area contributed by atoms with E-state index in [1.54, 1.807) is 6.92 Å². The molecular formula is C21H29F17NO5PS. The fourth-order valence-corrected chi connectivity index (χ4v) is 6.53. The number of hydrogen-bond donors (Lipinski definition) is 2. The molecule has 0 saturated heterocycles. The quantitative estimate of drug-likeness (QED) is 0.0740. The number of unbranched alkanes of at least 4 members (excludes halogenated alkanes) is 4. The van der Waals surface area contributed by atoms with Gasteiger partial charge in [0.15, 0.2) is 0 Å². The first-order valence-electron chi connectivity index (χ1n) is 12.9. The lowest BCUT2D eigenvalue weighted by atomic mass is 9.91. The SMILES string of the molecule is CCCC(CCCCCCCN(CC)S(=O)(=O)C(F)(F)C(F)(F)C(F)(F)C(F)(F)C(F)(F)C(F)(F)C(F)(F)C(F)(F)F)P(=O)(O)O. The van der Waals surface area contributed by atoms with Crippen molar-refractivity contribution in [3.63, 3.8) is 0 Å². The third kappa shape index (κ3) is 7.85. The first-order valence-corrected chi connectivity index (χ1v) is 16.0. The van der Waals surface area contributed by atoms with Gasteiger partial charge in [-0.05, 0) is 19.3 Å². The predicted molar refractivity (Wildman–Crippen MR) is 125 cm³/mol. The van der Waals surface area contributed by atoms with Crippen LogP contribution in [0.3, 0.4) is 0 Å². The molecule has 0 aromatic heterocycles. The summed E-state index contributed by atoms with van der Waals surface area (Å²) in [5.74, 6) is -51.8. The van der Waals surface area contributed by atoms with Gasteiger partial charge in [-0.1, -0.05) is 46.0 Å². The second-order valence-corrected chi connectivity index (χ2v) is 13.9. The van der Waals surface area contributed by atoms with Crippen LogP contribution in [0.1, 0.15) is 65.2 Å². The topological polar surface area (TPSA) is 94.9 Å². The third-order valence-electron chi connectivity index (χ3n) is 6.75. The summed E-state index contributed by atoms with van der Waals surface area (Å²) in [6.07, 6.45) is -7.50. The molecular weight excluding hydrogens is 732 g/mol. The van der Waals surface area contributed by atoms with E-state index < -0.39 is 94.1 Å². The smallest absolute Gasteiger partial charge is 0.324 e. The highest BCUT2D eigenvalue weighted by Gasteiger charge is 2.96. The summed E-state index contributed by atoms with van der Waals surface area (Å²) in [6, 6.07) is 0. The molecule has 0 fully saturated rings. The second-order valence-electron chi connectivity index (χ2n) is 10.0. The molecule has 1 atom stereocenters. The van der Waals surface area contributed by atoms with Crippen LogP contribution in [0.15, 0.2) is 0 Å². The summed E-state index contributed by atoms with van der Waals surface area (Å²) in [5.41, 5.74) is -0.986. The van der Waals surface area contributed by atoms with Crippen LogP contribution in [-0.2, 0) is 14.6 Å². The first-order chi connectivity index (χ1) is 20.1. The molecule has 0 aliphatic carbocycles. The van der Waals surface area contributed by atoms with E-state index in [0.29, 0.717) is 13.3 Å². The predicted octanol–water partition coefficient (Wildman–Crippen LogP) is 8.29. The molecule has 25 heteroatoms. The molecule has 0 heterocycles. The summed E-state index contributed by atoms with van der Waals surface area (Å²) >= 11 is 0. The summed E-state index contributed by atoms with van der Waals surface area (Å²) < 4.78 is 264. The van der Waals surface area contributed by atoms with Crippen LogP contribution in [0.2, 0.25) is 0 Å². The molecule has 0 saturated carbocycles. The van der Waals surface area contributed by atoms with Crippen molar-refractivity contribution in [3.05, 3.63) is 0 Å². The number of alkyl halides is 17. The van der Waals surface area contributed by atoms with E-state index >= 15 is 0 Å². The van der Waals surface area contributed by atoms with Crippen LogP contribution in [-0.4, -0.2) is 88.2 Å². The molecule has 0 spiro atoms. The zero-order chi connectivity index (χ0) is 37.2. The number of sulfonamides is 1. The van der Waals surface area contributed by atoms with Crippen molar-refractivity contribution in [1.82, 2.24) is 4.31 Å². The largest absolute Gasteiger partial charge is 0.460 e. The van der Waals surface area contributed by atoms with Gasteiger partial charge >= 0.3 is 54.6 Å². The van der Waals surface area contributed by atoms with Gasteiger partial charge in [-0.25, -0.2) is 8.42 Å². The van der Waals surface area contributed by atoms with Gasteiger partial charge in [-0.3, -0.25) is 4.57 Å². The Bertz CT molecular complexity index is 1160. The minimum atomic E-state index is -8.88. The Morgan fingerprint density at radius 3 is 1.33 bits per heavy atom. The van der Waals surface area contributed by atoms with Crippen molar-refractivity contribution >= 4 is 17.6 Å². The molecule has 0 aliphatic rings. The van der Waals surface area contributed by atoms with E-state index in [4.69, 9.17) is 0 Å². The normalized spacial score (nSPS) is 16.3. The molecule has 0 aliphatic heterocycles. The van der Waals surface area contributed by atoms with E-state index in [0.717, 1.165) is 0 Å². The van der Waals surface area contributed by atoms with Crippen LogP contribution in [0.4, 0.5) is 74.6 Å². The summed E-state index contributed by atoms with van der Waals surface area (Å²) in [7, 11) is -11.8. The Labute approximate surface area is 250 Å². The van der Waals surface area contributed by atoms with E-state index in [-0.39, 0.29) is 38.5 Å². The van der Waals surface area contributed by atoms with Gasteiger partial charge in [0.2, 0.25) is 0 Å². The van der Waals surface area contributed by atoms with E-state index in [1.165, 1.54) is 0 Å². The van der Waals surface area contributed by atoms with Gasteiger partial charge in [-0.15, -0.1) is 0 Å². The minimum absolute atomic E-state index is 0.0343. The minimum Gasteiger partial charge on any atom is -0.324 e. The molecule has 0 amide bonds. The highest BCUT2D eigenvalue weighted by atomic mass is 32.2. The summed E-state index contributed by atoms with van der Waals surface area (Å²) in [5, 5.41) is -7.59. The maximum atomic E-state index is 14.4. The van der Waals surface area contributed by atoms with Crippen LogP contribution in [0, 0.1) is 0 Å². The monoisotopic (exact) mass is 761 g/mol. The van der Waals surface area contributed by atoms with Gasteiger partial charge in [-0.2, -0.15) is 78.9 Å². The van der Waals surface area contributed by atoms with Gasteiger partial charge in [0.25, 0.3) is 10.0 Å². The number of halogens is 17. The molecule has 0 radical (unpaired) electrons. The van der Waals surface area contributed by atoms with Crippen molar-refractivity contribution in [1.29, 1.82) is 0 Å². The van der Waals surface area contributed by atoms with Crippen LogP contribution in [0.25, 0.3) is 0 Å². The lowest BCUT2D eigenvalue weighted by molar-refractivity contribution is -0.458. The highest BCUT2D eigenvalue weighted by Crippen LogP contribution is 2.64. The molecule has 1 unspecified atom stereocenters.